The van der Waals surface area contributed by atoms with Crippen LogP contribution < -0.4 is 4.74 Å². The molecule has 0 aliphatic carbocycles. The zero-order valence-corrected chi connectivity index (χ0v) is 16.7. The van der Waals surface area contributed by atoms with Crippen LogP contribution in [0.15, 0.2) is 52.8 Å². The van der Waals surface area contributed by atoms with E-state index in [0.717, 1.165) is 8.96 Å². The van der Waals surface area contributed by atoms with Gasteiger partial charge in [-0.15, -0.1) is 0 Å². The Kier molecular flexibility index (Phi) is 3.97. The maximum absolute atomic E-state index is 15.2. The fourth-order valence-electron chi connectivity index (χ4n) is 3.28. The van der Waals surface area contributed by atoms with Gasteiger partial charge in [-0.1, -0.05) is 11.6 Å². The molecule has 1 aromatic heterocycles. The summed E-state index contributed by atoms with van der Waals surface area (Å²) in [5.41, 5.74) is 2.08. The number of hydrogen-bond acceptors (Lipinski definition) is 1. The molecule has 9 heteroatoms. The normalized spacial score (nSPS) is 17.8. The molecule has 2 aromatic rings. The van der Waals surface area contributed by atoms with Crippen molar-refractivity contribution < 1.29 is 17.9 Å². The first-order valence-corrected chi connectivity index (χ1v) is 9.30. The maximum Gasteiger partial charge on any atom is 0.738 e. The number of ether oxygens (including phenoxy) is 1. The zero-order chi connectivity index (χ0) is 17.9. The van der Waals surface area contributed by atoms with E-state index in [2.05, 4.69) is 31.9 Å². The average Bonchev–Trinajstić information content (AvgIpc) is 3.13. The molecule has 2 aliphatic rings. The number of allylic oxidation sites excluding steroid dienone is 2. The summed E-state index contributed by atoms with van der Waals surface area (Å²) >= 11 is 12.7. The van der Waals surface area contributed by atoms with Crippen LogP contribution in [-0.2, 0) is 0 Å². The number of hydrogen-bond donors (Lipinski definition) is 0. The minimum atomic E-state index is -4.04. The van der Waals surface area contributed by atoms with Crippen molar-refractivity contribution in [3.05, 3.63) is 69.1 Å². The molecule has 0 radical (unpaired) electrons. The average molecular weight is 490 g/mol. The summed E-state index contributed by atoms with van der Waals surface area (Å²) in [5, 5.41) is 0.500. The third kappa shape index (κ3) is 2.38. The molecule has 0 spiro atoms. The fraction of sp³-hybridized carbons (Fsp3) is 0.0625. The SMILES string of the molecule is COc1ccc(Cl)cc1C1=C2C=CC(Br)=[N+]2[B-](F)(F)n2c(Br)ccc21. The van der Waals surface area contributed by atoms with Gasteiger partial charge in [0, 0.05) is 44.4 Å². The highest BCUT2D eigenvalue weighted by atomic mass is 79.9. The lowest BCUT2D eigenvalue weighted by Crippen LogP contribution is -2.50. The molecular weight excluding hydrogens is 480 g/mol. The predicted octanol–water partition coefficient (Wildman–Crippen LogP) is 5.28. The molecule has 0 unspecified atom stereocenters. The van der Waals surface area contributed by atoms with Crippen molar-refractivity contribution in [1.29, 1.82) is 0 Å². The van der Waals surface area contributed by atoms with E-state index >= 15 is 8.63 Å². The Hall–Kier alpha value is -1.38. The number of benzene rings is 1. The van der Waals surface area contributed by atoms with Crippen LogP contribution in [0, 0.1) is 0 Å². The summed E-state index contributed by atoms with van der Waals surface area (Å²) < 4.78 is 38.4. The summed E-state index contributed by atoms with van der Waals surface area (Å²) in [6, 6.07) is 8.44. The van der Waals surface area contributed by atoms with Crippen molar-refractivity contribution in [2.75, 3.05) is 7.11 Å². The van der Waals surface area contributed by atoms with Crippen LogP contribution in [-0.4, -0.2) is 27.7 Å². The number of rotatable bonds is 2. The lowest BCUT2D eigenvalue weighted by Gasteiger charge is -2.32. The topological polar surface area (TPSA) is 17.2 Å². The number of fused-ring (bicyclic) bond motifs is 2. The molecule has 3 heterocycles. The first-order valence-electron chi connectivity index (χ1n) is 7.34. The lowest BCUT2D eigenvalue weighted by molar-refractivity contribution is -0.358. The molecule has 0 atom stereocenters. The number of methoxy groups -OCH3 is 1. The third-order valence-corrected chi connectivity index (χ3v) is 5.83. The number of aromatic nitrogens is 1. The summed E-state index contributed by atoms with van der Waals surface area (Å²) in [4.78, 5) is 0. The summed E-state index contributed by atoms with van der Waals surface area (Å²) in [6.45, 7) is -4.04. The maximum atomic E-state index is 15.2. The van der Waals surface area contributed by atoms with E-state index < -0.39 is 6.97 Å². The van der Waals surface area contributed by atoms with Gasteiger partial charge in [0.25, 0.3) is 0 Å². The van der Waals surface area contributed by atoms with Crippen molar-refractivity contribution in [3.63, 3.8) is 0 Å². The Morgan fingerprint density at radius 1 is 1.16 bits per heavy atom. The van der Waals surface area contributed by atoms with E-state index in [9.17, 15) is 0 Å². The van der Waals surface area contributed by atoms with Gasteiger partial charge in [-0.2, -0.15) is 0 Å². The van der Waals surface area contributed by atoms with E-state index in [-0.39, 0.29) is 0 Å². The van der Waals surface area contributed by atoms with E-state index in [1.54, 1.807) is 49.6 Å². The van der Waals surface area contributed by atoms with Gasteiger partial charge in [-0.05, 0) is 46.3 Å². The van der Waals surface area contributed by atoms with Crippen molar-refractivity contribution in [3.8, 4) is 5.75 Å². The van der Waals surface area contributed by atoms with Crippen LogP contribution >= 0.6 is 43.5 Å². The Balaban J connectivity index is 2.13. The van der Waals surface area contributed by atoms with E-state index in [0.29, 0.717) is 42.5 Å². The molecule has 3 nitrogen and oxygen atoms in total. The highest BCUT2D eigenvalue weighted by Crippen LogP contribution is 2.44. The molecule has 128 valence electrons. The van der Waals surface area contributed by atoms with Crippen LogP contribution in [0.2, 0.25) is 5.02 Å². The van der Waals surface area contributed by atoms with Crippen molar-refractivity contribution in [1.82, 2.24) is 4.48 Å². The van der Waals surface area contributed by atoms with Crippen LogP contribution in [0.5, 0.6) is 5.75 Å². The van der Waals surface area contributed by atoms with Gasteiger partial charge in [-0.25, -0.2) is 0 Å². The second kappa shape index (κ2) is 5.82. The summed E-state index contributed by atoms with van der Waals surface area (Å²) in [7, 11) is 1.54. The van der Waals surface area contributed by atoms with Crippen molar-refractivity contribution in [2.24, 2.45) is 0 Å². The van der Waals surface area contributed by atoms with E-state index in [4.69, 9.17) is 16.3 Å². The molecule has 0 bridgehead atoms. The smallest absolute Gasteiger partial charge is 0.496 e. The lowest BCUT2D eigenvalue weighted by atomic mass is 9.86. The molecule has 25 heavy (non-hydrogen) atoms. The van der Waals surface area contributed by atoms with E-state index in [1.165, 1.54) is 0 Å². The first-order chi connectivity index (χ1) is 11.9. The van der Waals surface area contributed by atoms with Crippen molar-refractivity contribution >= 4 is 60.6 Å². The van der Waals surface area contributed by atoms with Gasteiger partial charge in [0.05, 0.1) is 17.3 Å². The predicted molar refractivity (Wildman–Crippen MR) is 103 cm³/mol. The minimum absolute atomic E-state index is 0.303. The van der Waals surface area contributed by atoms with Gasteiger partial charge >= 0.3 is 6.97 Å². The largest absolute Gasteiger partial charge is 0.738 e. The number of halogens is 5. The second-order valence-corrected chi connectivity index (χ2v) is 7.69. The van der Waals surface area contributed by atoms with Gasteiger partial charge in [0.2, 0.25) is 4.62 Å². The van der Waals surface area contributed by atoms with Gasteiger partial charge in [-0.3, -0.25) is 0 Å². The highest BCUT2D eigenvalue weighted by Gasteiger charge is 2.54. The summed E-state index contributed by atoms with van der Waals surface area (Å²) in [5.74, 6) is 0.560. The van der Waals surface area contributed by atoms with Crippen molar-refractivity contribution in [2.45, 2.75) is 0 Å². The molecule has 4 rings (SSSR count). The van der Waals surface area contributed by atoms with E-state index in [1.807, 2.05) is 0 Å². The Morgan fingerprint density at radius 3 is 2.64 bits per heavy atom. The first kappa shape index (κ1) is 17.1. The molecule has 0 fully saturated rings. The highest BCUT2D eigenvalue weighted by molar-refractivity contribution is 9.18. The molecule has 2 aliphatic heterocycles. The van der Waals surface area contributed by atoms with Crippen LogP contribution in [0.3, 0.4) is 0 Å². The zero-order valence-electron chi connectivity index (χ0n) is 12.8. The van der Waals surface area contributed by atoms with Crippen LogP contribution in [0.25, 0.3) is 5.57 Å². The quantitative estimate of drug-likeness (QED) is 0.524. The Morgan fingerprint density at radius 2 is 1.92 bits per heavy atom. The van der Waals surface area contributed by atoms with Gasteiger partial charge in [0.15, 0.2) is 5.70 Å². The molecule has 0 amide bonds. The monoisotopic (exact) mass is 488 g/mol. The van der Waals surface area contributed by atoms with Gasteiger partial charge in [0.1, 0.15) is 5.75 Å². The molecule has 0 saturated heterocycles. The number of nitrogens with zero attached hydrogens (tertiary/aromatic N) is 2. The van der Waals surface area contributed by atoms with Crippen LogP contribution in [0.4, 0.5) is 8.63 Å². The summed E-state index contributed by atoms with van der Waals surface area (Å²) in [6.07, 6.45) is 3.28. The fourth-order valence-corrected chi connectivity index (χ4v) is 4.60. The van der Waals surface area contributed by atoms with Crippen LogP contribution in [0.1, 0.15) is 11.3 Å². The molecular formula is C16H10BBr2ClF2N2O. The molecule has 1 aromatic carbocycles. The Bertz CT molecular complexity index is 1010. The Labute approximate surface area is 164 Å². The minimum Gasteiger partial charge on any atom is -0.496 e. The second-order valence-electron chi connectivity index (χ2n) is 5.63. The van der Waals surface area contributed by atoms with Gasteiger partial charge < -0.3 is 22.3 Å². The molecule has 0 N–H and O–H groups in total. The third-order valence-electron chi connectivity index (χ3n) is 4.30. The molecule has 0 saturated carbocycles. The standard InChI is InChI=1S/C16H10BBr2ClF2N2O/c1-25-13-5-2-9(20)8-10(13)16-11-3-6-14(18)23(11)17(21,22)24-12(16)4-7-15(24)19/h2-8H,1H3.